The van der Waals surface area contributed by atoms with Crippen LogP contribution in [0, 0.1) is 0 Å². The van der Waals surface area contributed by atoms with Crippen LogP contribution in [0.1, 0.15) is 27.7 Å². The maximum absolute atomic E-state index is 11.6. The van der Waals surface area contributed by atoms with Gasteiger partial charge in [-0.1, -0.05) is 20.8 Å². The number of rotatable bonds is 6. The Morgan fingerprint density at radius 3 is 2.35 bits per heavy atom. The monoisotopic (exact) mass is 423 g/mol. The fourth-order valence-corrected chi connectivity index (χ4v) is 4.21. The third kappa shape index (κ3) is 6.17. The number of pyridine rings is 1. The second kappa shape index (κ2) is 7.21. The maximum atomic E-state index is 11.6. The molecule has 0 amide bonds. The molecule has 0 aliphatic heterocycles. The molecule has 1 rings (SSSR count). The number of halogens is 1. The molecule has 1 aromatic heterocycles. The average molecular weight is 424 g/mol. The van der Waals surface area contributed by atoms with E-state index in [-0.39, 0.29) is 16.2 Å². The summed E-state index contributed by atoms with van der Waals surface area (Å²) in [4.78, 5) is 3.95. The summed E-state index contributed by atoms with van der Waals surface area (Å²) < 4.78 is 35.6. The molecule has 0 saturated heterocycles. The Kier molecular flexibility index (Phi) is 6.45. The lowest BCUT2D eigenvalue weighted by atomic mass is 10.2. The second-order valence-electron chi connectivity index (χ2n) is 7.24. The molecule has 23 heavy (non-hydrogen) atoms. The van der Waals surface area contributed by atoms with E-state index in [0.717, 1.165) is 6.26 Å². The fraction of sp³-hybridized carbons (Fsp3) is 0.667. The van der Waals surface area contributed by atoms with Crippen LogP contribution >= 0.6 is 15.9 Å². The zero-order valence-electron chi connectivity index (χ0n) is 14.8. The summed E-state index contributed by atoms with van der Waals surface area (Å²) in [5.41, 5.74) is 0. The summed E-state index contributed by atoms with van der Waals surface area (Å²) >= 11 is 3.21. The van der Waals surface area contributed by atoms with Crippen molar-refractivity contribution in [1.82, 2.24) is 4.98 Å². The first-order chi connectivity index (χ1) is 10.2. The normalized spacial score (nSPS) is 14.6. The Hall–Kier alpha value is -0.443. The SMILES string of the molecule is C[C@H](COc1cc(Br)nc(S(C)(=O)=O)c1)O[Si](C)(C)C(C)(C)C. The van der Waals surface area contributed by atoms with Gasteiger partial charge in [0, 0.05) is 18.4 Å². The summed E-state index contributed by atoms with van der Waals surface area (Å²) in [6.07, 6.45) is 1.04. The molecule has 1 atom stereocenters. The lowest BCUT2D eigenvalue weighted by Gasteiger charge is -2.38. The molecule has 0 N–H and O–H groups in total. The molecule has 1 heterocycles. The first-order valence-corrected chi connectivity index (χ1v) is 13.0. The van der Waals surface area contributed by atoms with Crippen molar-refractivity contribution in [1.29, 1.82) is 0 Å². The Balaban J connectivity index is 2.78. The van der Waals surface area contributed by atoms with E-state index in [2.05, 4.69) is 54.8 Å². The van der Waals surface area contributed by atoms with Crippen LogP contribution < -0.4 is 4.74 Å². The Labute approximate surface area is 149 Å². The van der Waals surface area contributed by atoms with Gasteiger partial charge in [-0.3, -0.25) is 0 Å². The van der Waals surface area contributed by atoms with Crippen molar-refractivity contribution in [3.8, 4) is 5.75 Å². The lowest BCUT2D eigenvalue weighted by molar-refractivity contribution is 0.129. The van der Waals surface area contributed by atoms with E-state index in [9.17, 15) is 8.42 Å². The molecule has 0 bridgehead atoms. The molecule has 0 saturated carbocycles. The minimum Gasteiger partial charge on any atom is -0.491 e. The Bertz CT molecular complexity index is 656. The number of hydrogen-bond acceptors (Lipinski definition) is 5. The molecule has 8 heteroatoms. The number of aromatic nitrogens is 1. The molecule has 0 aromatic carbocycles. The van der Waals surface area contributed by atoms with Crippen LogP contribution in [-0.4, -0.2) is 40.7 Å². The predicted octanol–water partition coefficient (Wildman–Crippen LogP) is 4.04. The van der Waals surface area contributed by atoms with E-state index in [0.29, 0.717) is 17.0 Å². The molecule has 132 valence electrons. The second-order valence-corrected chi connectivity index (χ2v) is 14.8. The summed E-state index contributed by atoms with van der Waals surface area (Å²) in [6.45, 7) is 13.3. The van der Waals surface area contributed by atoms with E-state index in [4.69, 9.17) is 9.16 Å². The molecule has 1 aromatic rings. The van der Waals surface area contributed by atoms with Crippen molar-refractivity contribution in [2.45, 2.75) is 57.0 Å². The third-order valence-electron chi connectivity index (χ3n) is 3.91. The first-order valence-electron chi connectivity index (χ1n) is 7.40. The summed E-state index contributed by atoms with van der Waals surface area (Å²) in [5.74, 6) is 0.456. The molecule has 5 nitrogen and oxygen atoms in total. The number of hydrogen-bond donors (Lipinski definition) is 0. The Morgan fingerprint density at radius 2 is 1.87 bits per heavy atom. The molecule has 0 unspecified atom stereocenters. The highest BCUT2D eigenvalue weighted by Crippen LogP contribution is 2.37. The van der Waals surface area contributed by atoms with Crippen LogP contribution in [-0.2, 0) is 14.3 Å². The average Bonchev–Trinajstić information content (AvgIpc) is 2.32. The summed E-state index contributed by atoms with van der Waals surface area (Å²) in [5, 5.41) is 0.115. The predicted molar refractivity (Wildman–Crippen MR) is 98.3 cm³/mol. The first kappa shape index (κ1) is 20.6. The van der Waals surface area contributed by atoms with Gasteiger partial charge in [-0.25, -0.2) is 13.4 Å². The Morgan fingerprint density at radius 1 is 1.30 bits per heavy atom. The third-order valence-corrected chi connectivity index (χ3v) is 9.89. The molecule has 0 aliphatic rings. The van der Waals surface area contributed by atoms with Crippen LogP contribution in [0.4, 0.5) is 0 Å². The number of nitrogens with zero attached hydrogens (tertiary/aromatic N) is 1. The van der Waals surface area contributed by atoms with Crippen molar-refractivity contribution < 1.29 is 17.6 Å². The largest absolute Gasteiger partial charge is 0.491 e. The summed E-state index contributed by atoms with van der Waals surface area (Å²) in [7, 11) is -5.24. The number of ether oxygens (including phenoxy) is 1. The number of sulfone groups is 1. The van der Waals surface area contributed by atoms with Gasteiger partial charge in [0.15, 0.2) is 23.2 Å². The molecular formula is C15H26BrNO4SSi. The lowest BCUT2D eigenvalue weighted by Crippen LogP contribution is -2.44. The smallest absolute Gasteiger partial charge is 0.192 e. The highest BCUT2D eigenvalue weighted by Gasteiger charge is 2.38. The highest BCUT2D eigenvalue weighted by molar-refractivity contribution is 9.10. The fourth-order valence-electron chi connectivity index (χ4n) is 1.65. The topological polar surface area (TPSA) is 65.5 Å². The highest BCUT2D eigenvalue weighted by atomic mass is 79.9. The van der Waals surface area contributed by atoms with Crippen LogP contribution in [0.3, 0.4) is 0 Å². The minimum absolute atomic E-state index is 0.0140. The van der Waals surface area contributed by atoms with Gasteiger partial charge in [0.25, 0.3) is 0 Å². The van der Waals surface area contributed by atoms with Crippen molar-refractivity contribution in [3.63, 3.8) is 0 Å². The zero-order valence-corrected chi connectivity index (χ0v) is 18.2. The molecule has 0 aliphatic carbocycles. The molecule has 0 fully saturated rings. The van der Waals surface area contributed by atoms with Crippen molar-refractivity contribution in [2.75, 3.05) is 12.9 Å². The molecule has 0 spiro atoms. The van der Waals surface area contributed by atoms with Crippen molar-refractivity contribution in [2.24, 2.45) is 0 Å². The van der Waals surface area contributed by atoms with E-state index >= 15 is 0 Å². The quantitative estimate of drug-likeness (QED) is 0.510. The van der Waals surface area contributed by atoms with Gasteiger partial charge in [0.1, 0.15) is 17.0 Å². The minimum atomic E-state index is -3.38. The van der Waals surface area contributed by atoms with Gasteiger partial charge in [-0.15, -0.1) is 0 Å². The van der Waals surface area contributed by atoms with Gasteiger partial charge in [-0.05, 0) is 41.0 Å². The molecular weight excluding hydrogens is 398 g/mol. The standard InChI is InChI=1S/C15H26BrNO4SSi/c1-11(21-23(6,7)15(2,3)4)10-20-12-8-13(16)17-14(9-12)22(5,18)19/h8-9,11H,10H2,1-7H3/t11-/m1/s1. The molecule has 0 radical (unpaired) electrons. The van der Waals surface area contributed by atoms with Crippen LogP contribution in [0.15, 0.2) is 21.8 Å². The van der Waals surface area contributed by atoms with E-state index in [1.54, 1.807) is 6.07 Å². The van der Waals surface area contributed by atoms with Crippen LogP contribution in [0.25, 0.3) is 0 Å². The summed E-state index contributed by atoms with van der Waals surface area (Å²) in [6, 6.07) is 3.08. The zero-order chi connectivity index (χ0) is 18.1. The van der Waals surface area contributed by atoms with Gasteiger partial charge in [0.2, 0.25) is 0 Å². The van der Waals surface area contributed by atoms with E-state index in [1.807, 2.05) is 6.92 Å². The van der Waals surface area contributed by atoms with E-state index < -0.39 is 18.2 Å². The van der Waals surface area contributed by atoms with E-state index in [1.165, 1.54) is 6.07 Å². The maximum Gasteiger partial charge on any atom is 0.192 e. The van der Waals surface area contributed by atoms with Gasteiger partial charge in [0.05, 0.1) is 6.10 Å². The van der Waals surface area contributed by atoms with Gasteiger partial charge >= 0.3 is 0 Å². The van der Waals surface area contributed by atoms with Crippen LogP contribution in [0.2, 0.25) is 18.1 Å². The van der Waals surface area contributed by atoms with Crippen molar-refractivity contribution >= 4 is 34.1 Å². The van der Waals surface area contributed by atoms with Gasteiger partial charge < -0.3 is 9.16 Å². The van der Waals surface area contributed by atoms with Crippen LogP contribution in [0.5, 0.6) is 5.75 Å². The van der Waals surface area contributed by atoms with Gasteiger partial charge in [-0.2, -0.15) is 0 Å². The van der Waals surface area contributed by atoms with Crippen molar-refractivity contribution in [3.05, 3.63) is 16.7 Å².